The van der Waals surface area contributed by atoms with Crippen molar-refractivity contribution in [1.29, 1.82) is 0 Å². The van der Waals surface area contributed by atoms with E-state index in [1.54, 1.807) is 26.0 Å². The van der Waals surface area contributed by atoms with Crippen molar-refractivity contribution in [1.82, 2.24) is 9.84 Å². The first-order valence-corrected chi connectivity index (χ1v) is 13.3. The number of ether oxygens (including phenoxy) is 2. The number of hydrogen-bond acceptors (Lipinski definition) is 9. The number of benzene rings is 2. The summed E-state index contributed by atoms with van der Waals surface area (Å²) < 4.78 is 37.1. The monoisotopic (exact) mass is 543 g/mol. The van der Waals surface area contributed by atoms with Crippen LogP contribution in [0.5, 0.6) is 0 Å². The molecule has 0 unspecified atom stereocenters. The standard InChI is InChI=1S/C26H29N3O8S/c1-6-36-25(30)22-17(4)28(27-38(34,35)21-14-8-16(3)9-15-21)18(5)23(26(31)37-7-2)24(22)19-10-12-20(13-11-19)29(32)33/h8-15,24,27H,6-7H2,1-5H3. The van der Waals surface area contributed by atoms with Gasteiger partial charge in [-0.15, -0.1) is 4.83 Å². The molecular formula is C26H29N3O8S. The molecular weight excluding hydrogens is 514 g/mol. The van der Waals surface area contributed by atoms with E-state index in [-0.39, 0.29) is 46.3 Å². The maximum atomic E-state index is 13.3. The third kappa shape index (κ3) is 5.76. The Hall–Kier alpha value is -4.03. The van der Waals surface area contributed by atoms with Crippen LogP contribution in [-0.4, -0.2) is 43.5 Å². The average Bonchev–Trinajstić information content (AvgIpc) is 2.86. The summed E-state index contributed by atoms with van der Waals surface area (Å²) in [6.07, 6.45) is 0. The van der Waals surface area contributed by atoms with Crippen LogP contribution < -0.4 is 4.83 Å². The number of allylic oxidation sites excluding steroid dienone is 2. The smallest absolute Gasteiger partial charge is 0.336 e. The van der Waals surface area contributed by atoms with Gasteiger partial charge in [0.15, 0.2) is 0 Å². The van der Waals surface area contributed by atoms with E-state index >= 15 is 0 Å². The summed E-state index contributed by atoms with van der Waals surface area (Å²) in [6.45, 7) is 8.14. The van der Waals surface area contributed by atoms with E-state index in [9.17, 15) is 28.1 Å². The molecule has 1 heterocycles. The zero-order valence-electron chi connectivity index (χ0n) is 21.7. The predicted molar refractivity (Wildman–Crippen MR) is 138 cm³/mol. The van der Waals surface area contributed by atoms with Crippen molar-refractivity contribution in [3.05, 3.63) is 92.3 Å². The second kappa shape index (κ2) is 11.6. The molecule has 38 heavy (non-hydrogen) atoms. The molecule has 0 spiro atoms. The molecule has 3 rings (SSSR count). The molecule has 0 radical (unpaired) electrons. The Balaban J connectivity index is 2.24. The normalized spacial score (nSPS) is 14.5. The lowest BCUT2D eigenvalue weighted by Crippen LogP contribution is -2.45. The van der Waals surface area contributed by atoms with E-state index in [0.29, 0.717) is 5.56 Å². The highest BCUT2D eigenvalue weighted by atomic mass is 32.2. The molecule has 202 valence electrons. The first kappa shape index (κ1) is 28.5. The number of hydrazine groups is 1. The Labute approximate surface area is 220 Å². The predicted octanol–water partition coefficient (Wildman–Crippen LogP) is 3.87. The van der Waals surface area contributed by atoms with Crippen LogP contribution in [-0.2, 0) is 29.1 Å². The van der Waals surface area contributed by atoms with Gasteiger partial charge in [0, 0.05) is 23.5 Å². The molecule has 0 saturated carbocycles. The second-order valence-corrected chi connectivity index (χ2v) is 10.1. The fourth-order valence-corrected chi connectivity index (χ4v) is 5.27. The highest BCUT2D eigenvalue weighted by Crippen LogP contribution is 2.43. The molecule has 0 fully saturated rings. The number of aryl methyl sites for hydroxylation is 1. The second-order valence-electron chi connectivity index (χ2n) is 8.46. The summed E-state index contributed by atoms with van der Waals surface area (Å²) in [4.78, 5) is 39.6. The minimum Gasteiger partial charge on any atom is -0.463 e. The van der Waals surface area contributed by atoms with Gasteiger partial charge >= 0.3 is 11.9 Å². The number of rotatable bonds is 9. The van der Waals surface area contributed by atoms with Crippen molar-refractivity contribution in [3.63, 3.8) is 0 Å². The Morgan fingerprint density at radius 1 is 0.895 bits per heavy atom. The van der Waals surface area contributed by atoms with Crippen molar-refractivity contribution in [3.8, 4) is 0 Å². The maximum Gasteiger partial charge on any atom is 0.336 e. The number of carbonyl (C=O) groups excluding carboxylic acids is 2. The van der Waals surface area contributed by atoms with Gasteiger partial charge < -0.3 is 9.47 Å². The summed E-state index contributed by atoms with van der Waals surface area (Å²) in [5.74, 6) is -2.58. The van der Waals surface area contributed by atoms with E-state index in [4.69, 9.17) is 9.47 Å². The van der Waals surface area contributed by atoms with Crippen molar-refractivity contribution in [2.45, 2.75) is 45.4 Å². The van der Waals surface area contributed by atoms with Gasteiger partial charge in [0.25, 0.3) is 15.7 Å². The van der Waals surface area contributed by atoms with Gasteiger partial charge in [0.1, 0.15) is 0 Å². The number of hydrogen-bond donors (Lipinski definition) is 1. The number of esters is 2. The third-order valence-corrected chi connectivity index (χ3v) is 7.31. The molecule has 0 aromatic heterocycles. The van der Waals surface area contributed by atoms with E-state index in [0.717, 1.165) is 10.6 Å². The van der Waals surface area contributed by atoms with Crippen LogP contribution in [0.1, 0.15) is 44.7 Å². The van der Waals surface area contributed by atoms with Crippen LogP contribution in [0.15, 0.2) is 76.0 Å². The summed E-state index contributed by atoms with van der Waals surface area (Å²) in [5.41, 5.74) is 1.41. The van der Waals surface area contributed by atoms with Crippen LogP contribution in [0.3, 0.4) is 0 Å². The molecule has 0 saturated heterocycles. The van der Waals surface area contributed by atoms with Gasteiger partial charge in [0.2, 0.25) is 0 Å². The summed E-state index contributed by atoms with van der Waals surface area (Å²) in [7, 11) is -4.13. The number of non-ortho nitro benzene ring substituents is 1. The molecule has 1 aliphatic heterocycles. The van der Waals surface area contributed by atoms with Crippen LogP contribution in [0.2, 0.25) is 0 Å². The molecule has 1 aliphatic rings. The number of nitrogens with zero attached hydrogens (tertiary/aromatic N) is 2. The van der Waals surface area contributed by atoms with Crippen molar-refractivity contribution >= 4 is 27.6 Å². The average molecular weight is 544 g/mol. The Morgan fingerprint density at radius 2 is 1.37 bits per heavy atom. The van der Waals surface area contributed by atoms with Crippen LogP contribution >= 0.6 is 0 Å². The fraction of sp³-hybridized carbons (Fsp3) is 0.308. The minimum absolute atomic E-state index is 0.0130. The van der Waals surface area contributed by atoms with Crippen LogP contribution in [0.25, 0.3) is 0 Å². The van der Waals surface area contributed by atoms with Gasteiger partial charge in [-0.25, -0.2) is 18.0 Å². The molecule has 2 aromatic carbocycles. The first-order valence-electron chi connectivity index (χ1n) is 11.8. The van der Waals surface area contributed by atoms with E-state index in [2.05, 4.69) is 4.83 Å². The highest BCUT2D eigenvalue weighted by Gasteiger charge is 2.42. The van der Waals surface area contributed by atoms with Gasteiger partial charge in [-0.2, -0.15) is 0 Å². The lowest BCUT2D eigenvalue weighted by atomic mass is 9.80. The minimum atomic E-state index is -4.13. The summed E-state index contributed by atoms with van der Waals surface area (Å²) >= 11 is 0. The SMILES string of the molecule is CCOC(=O)C1=C(C)N(NS(=O)(=O)c2ccc(C)cc2)C(C)=C(C(=O)OCC)C1c1ccc([N+](=O)[O-])cc1. The van der Waals surface area contributed by atoms with Gasteiger partial charge in [-0.1, -0.05) is 29.8 Å². The molecule has 0 amide bonds. The van der Waals surface area contributed by atoms with E-state index in [1.165, 1.54) is 50.2 Å². The van der Waals surface area contributed by atoms with Crippen LogP contribution in [0.4, 0.5) is 5.69 Å². The highest BCUT2D eigenvalue weighted by molar-refractivity contribution is 7.89. The quantitative estimate of drug-likeness (QED) is 0.283. The number of nitro groups is 1. The number of nitrogens with one attached hydrogen (secondary N) is 1. The fourth-order valence-electron chi connectivity index (χ4n) is 4.15. The number of nitro benzene ring substituents is 1. The molecule has 1 N–H and O–H groups in total. The largest absolute Gasteiger partial charge is 0.463 e. The van der Waals surface area contributed by atoms with Crippen molar-refractivity contribution < 1.29 is 32.4 Å². The van der Waals surface area contributed by atoms with Gasteiger partial charge in [0.05, 0.1) is 40.1 Å². The number of sulfonamides is 1. The Bertz CT molecular complexity index is 1370. The molecule has 2 aromatic rings. The topological polar surface area (TPSA) is 145 Å². The van der Waals surface area contributed by atoms with Crippen molar-refractivity contribution in [2.24, 2.45) is 0 Å². The molecule has 0 atom stereocenters. The number of carbonyl (C=O) groups is 2. The zero-order valence-corrected chi connectivity index (χ0v) is 22.5. The first-order chi connectivity index (χ1) is 17.9. The van der Waals surface area contributed by atoms with Crippen molar-refractivity contribution in [2.75, 3.05) is 13.2 Å². The molecule has 0 bridgehead atoms. The lowest BCUT2D eigenvalue weighted by molar-refractivity contribution is -0.384. The molecule has 12 heteroatoms. The third-order valence-electron chi connectivity index (χ3n) is 6.00. The van der Waals surface area contributed by atoms with E-state index in [1.807, 2.05) is 6.92 Å². The Morgan fingerprint density at radius 3 is 1.79 bits per heavy atom. The molecule has 11 nitrogen and oxygen atoms in total. The zero-order chi connectivity index (χ0) is 28.2. The van der Waals surface area contributed by atoms with Gasteiger partial charge in [-0.3, -0.25) is 15.1 Å². The summed E-state index contributed by atoms with van der Waals surface area (Å²) in [5, 5.41) is 12.3. The van der Waals surface area contributed by atoms with Gasteiger partial charge in [-0.05, 0) is 52.3 Å². The molecule has 0 aliphatic carbocycles. The van der Waals surface area contributed by atoms with E-state index < -0.39 is 32.8 Å². The summed E-state index contributed by atoms with van der Waals surface area (Å²) in [6, 6.07) is 11.6. The maximum absolute atomic E-state index is 13.3. The van der Waals surface area contributed by atoms with Crippen LogP contribution in [0, 0.1) is 17.0 Å². The lowest BCUT2D eigenvalue weighted by Gasteiger charge is -2.37. The Kier molecular flexibility index (Phi) is 8.69.